The lowest BCUT2D eigenvalue weighted by Crippen LogP contribution is -2.28. The van der Waals surface area contributed by atoms with Crippen molar-refractivity contribution in [2.75, 3.05) is 13.6 Å². The maximum atomic E-state index is 12.5. The first-order valence-electron chi connectivity index (χ1n) is 6.95. The smallest absolute Gasteiger partial charge is 0.243 e. The van der Waals surface area contributed by atoms with Crippen LogP contribution in [-0.4, -0.2) is 31.3 Å². The van der Waals surface area contributed by atoms with E-state index < -0.39 is 10.0 Å². The van der Waals surface area contributed by atoms with Crippen molar-refractivity contribution in [2.24, 2.45) is 0 Å². The Balaban J connectivity index is 2.19. The second-order valence-electron chi connectivity index (χ2n) is 5.34. The van der Waals surface area contributed by atoms with Gasteiger partial charge in [-0.2, -0.15) is 4.31 Å². The molecule has 0 spiro atoms. The van der Waals surface area contributed by atoms with E-state index in [-0.39, 0.29) is 11.4 Å². The number of aromatic nitrogens is 1. The summed E-state index contributed by atoms with van der Waals surface area (Å²) in [4.78, 5) is 4.65. The predicted molar refractivity (Wildman–Crippen MR) is 89.0 cm³/mol. The van der Waals surface area contributed by atoms with Crippen LogP contribution in [0.2, 0.25) is 0 Å². The SMILES string of the molecule is C=C(CN(C)S(=O)(=O)c1ccc(C)cc1)c1cccc(C)n1. The number of rotatable bonds is 5. The third kappa shape index (κ3) is 3.61. The third-order valence-electron chi connectivity index (χ3n) is 3.39. The van der Waals surface area contributed by atoms with Crippen molar-refractivity contribution in [3.63, 3.8) is 0 Å². The molecule has 0 radical (unpaired) electrons. The van der Waals surface area contributed by atoms with E-state index in [1.54, 1.807) is 31.3 Å². The molecule has 2 aromatic rings. The third-order valence-corrected chi connectivity index (χ3v) is 5.21. The normalized spacial score (nSPS) is 11.6. The van der Waals surface area contributed by atoms with Crippen LogP contribution in [0.25, 0.3) is 5.57 Å². The average Bonchev–Trinajstić information content (AvgIpc) is 2.47. The molecule has 0 unspecified atom stereocenters. The Kier molecular flexibility index (Phi) is 4.78. The summed E-state index contributed by atoms with van der Waals surface area (Å²) in [5.74, 6) is 0. The fraction of sp³-hybridized carbons (Fsp3) is 0.235. The maximum Gasteiger partial charge on any atom is 0.243 e. The largest absolute Gasteiger partial charge is 0.253 e. The number of benzene rings is 1. The van der Waals surface area contributed by atoms with Gasteiger partial charge in [0, 0.05) is 19.3 Å². The van der Waals surface area contributed by atoms with E-state index in [0.717, 1.165) is 11.3 Å². The van der Waals surface area contributed by atoms with Crippen LogP contribution in [0.5, 0.6) is 0 Å². The Morgan fingerprint density at radius 1 is 1.14 bits per heavy atom. The number of likely N-dealkylation sites (N-methyl/N-ethyl adjacent to an activating group) is 1. The first-order chi connectivity index (χ1) is 10.3. The molecule has 22 heavy (non-hydrogen) atoms. The second kappa shape index (κ2) is 6.42. The van der Waals surface area contributed by atoms with E-state index in [0.29, 0.717) is 11.3 Å². The van der Waals surface area contributed by atoms with Gasteiger partial charge in [-0.25, -0.2) is 8.42 Å². The minimum atomic E-state index is -3.52. The van der Waals surface area contributed by atoms with Gasteiger partial charge in [0.1, 0.15) is 0 Å². The van der Waals surface area contributed by atoms with Gasteiger partial charge in [-0.05, 0) is 43.7 Å². The van der Waals surface area contributed by atoms with Crippen molar-refractivity contribution in [3.8, 4) is 0 Å². The van der Waals surface area contributed by atoms with Gasteiger partial charge in [-0.15, -0.1) is 0 Å². The lowest BCUT2D eigenvalue weighted by atomic mass is 10.2. The van der Waals surface area contributed by atoms with Crippen LogP contribution in [0.1, 0.15) is 17.0 Å². The molecule has 0 saturated heterocycles. The monoisotopic (exact) mass is 316 g/mol. The highest BCUT2D eigenvalue weighted by Gasteiger charge is 2.21. The molecule has 4 nitrogen and oxygen atoms in total. The van der Waals surface area contributed by atoms with E-state index in [4.69, 9.17) is 0 Å². The minimum absolute atomic E-state index is 0.201. The van der Waals surface area contributed by atoms with E-state index in [1.165, 1.54) is 4.31 Å². The van der Waals surface area contributed by atoms with Crippen molar-refractivity contribution in [3.05, 3.63) is 66.0 Å². The average molecular weight is 316 g/mol. The minimum Gasteiger partial charge on any atom is -0.253 e. The van der Waals surface area contributed by atoms with Gasteiger partial charge in [0.05, 0.1) is 10.6 Å². The van der Waals surface area contributed by atoms with Crippen molar-refractivity contribution in [2.45, 2.75) is 18.7 Å². The molecule has 1 aromatic carbocycles. The van der Waals surface area contributed by atoms with Crippen molar-refractivity contribution < 1.29 is 8.42 Å². The topological polar surface area (TPSA) is 50.3 Å². The molecule has 0 fully saturated rings. The molecule has 2 rings (SSSR count). The zero-order valence-corrected chi connectivity index (χ0v) is 13.9. The quantitative estimate of drug-likeness (QED) is 0.852. The van der Waals surface area contributed by atoms with Crippen LogP contribution in [0.3, 0.4) is 0 Å². The standard InChI is InChI=1S/C17H20N2O2S/c1-13-8-10-16(11-9-13)22(20,21)19(4)12-14(2)17-7-5-6-15(3)18-17/h5-11H,2,12H2,1,3-4H3. The van der Waals surface area contributed by atoms with E-state index in [9.17, 15) is 8.42 Å². The van der Waals surface area contributed by atoms with Crippen LogP contribution >= 0.6 is 0 Å². The zero-order valence-electron chi connectivity index (χ0n) is 13.1. The first-order valence-corrected chi connectivity index (χ1v) is 8.39. The summed E-state index contributed by atoms with van der Waals surface area (Å²) in [5, 5.41) is 0. The summed E-state index contributed by atoms with van der Waals surface area (Å²) in [6.45, 7) is 7.97. The van der Waals surface area contributed by atoms with Gasteiger partial charge >= 0.3 is 0 Å². The van der Waals surface area contributed by atoms with Gasteiger partial charge in [-0.3, -0.25) is 4.98 Å². The fourth-order valence-electron chi connectivity index (χ4n) is 2.06. The van der Waals surface area contributed by atoms with E-state index >= 15 is 0 Å². The number of hydrogen-bond donors (Lipinski definition) is 0. The number of sulfonamides is 1. The molecule has 0 atom stereocenters. The Morgan fingerprint density at radius 3 is 2.36 bits per heavy atom. The number of hydrogen-bond acceptors (Lipinski definition) is 3. The number of aryl methyl sites for hydroxylation is 2. The second-order valence-corrected chi connectivity index (χ2v) is 7.39. The van der Waals surface area contributed by atoms with Crippen LogP contribution in [0, 0.1) is 13.8 Å². The van der Waals surface area contributed by atoms with Gasteiger partial charge in [0.2, 0.25) is 10.0 Å². The molecule has 1 heterocycles. The molecular weight excluding hydrogens is 296 g/mol. The Bertz CT molecular complexity index is 781. The molecule has 5 heteroatoms. The molecule has 0 N–H and O–H groups in total. The highest BCUT2D eigenvalue weighted by atomic mass is 32.2. The Morgan fingerprint density at radius 2 is 1.77 bits per heavy atom. The van der Waals surface area contributed by atoms with Crippen molar-refractivity contribution in [1.82, 2.24) is 9.29 Å². The van der Waals surface area contributed by atoms with E-state index in [1.807, 2.05) is 32.0 Å². The summed E-state index contributed by atoms with van der Waals surface area (Å²) < 4.78 is 26.4. The number of nitrogens with zero attached hydrogens (tertiary/aromatic N) is 2. The summed E-state index contributed by atoms with van der Waals surface area (Å²) in [7, 11) is -1.97. The Hall–Kier alpha value is -1.98. The molecule has 0 saturated carbocycles. The van der Waals surface area contributed by atoms with Gasteiger partial charge in [0.15, 0.2) is 0 Å². The lowest BCUT2D eigenvalue weighted by Gasteiger charge is -2.18. The fourth-order valence-corrected chi connectivity index (χ4v) is 3.23. The molecule has 0 amide bonds. The van der Waals surface area contributed by atoms with Crippen LogP contribution in [0.4, 0.5) is 0 Å². The first kappa shape index (κ1) is 16.4. The van der Waals surface area contributed by atoms with Crippen molar-refractivity contribution in [1.29, 1.82) is 0 Å². The van der Waals surface area contributed by atoms with Gasteiger partial charge < -0.3 is 0 Å². The summed E-state index contributed by atoms with van der Waals surface area (Å²) >= 11 is 0. The molecule has 0 aliphatic heterocycles. The van der Waals surface area contributed by atoms with Crippen LogP contribution in [0.15, 0.2) is 53.9 Å². The lowest BCUT2D eigenvalue weighted by molar-refractivity contribution is 0.502. The predicted octanol–water partition coefficient (Wildman–Crippen LogP) is 3.03. The van der Waals surface area contributed by atoms with E-state index in [2.05, 4.69) is 11.6 Å². The molecule has 0 aliphatic rings. The van der Waals surface area contributed by atoms with Crippen LogP contribution < -0.4 is 0 Å². The summed E-state index contributed by atoms with van der Waals surface area (Å²) in [5.41, 5.74) is 3.28. The molecular formula is C17H20N2O2S. The zero-order chi connectivity index (χ0) is 16.3. The molecule has 116 valence electrons. The van der Waals surface area contributed by atoms with Crippen molar-refractivity contribution >= 4 is 15.6 Å². The Labute approximate surface area is 132 Å². The summed E-state index contributed by atoms with van der Waals surface area (Å²) in [6.07, 6.45) is 0. The number of pyridine rings is 1. The molecule has 0 bridgehead atoms. The molecule has 0 aliphatic carbocycles. The van der Waals surface area contributed by atoms with Crippen LogP contribution in [-0.2, 0) is 10.0 Å². The highest BCUT2D eigenvalue weighted by molar-refractivity contribution is 7.89. The maximum absolute atomic E-state index is 12.5. The molecule has 1 aromatic heterocycles. The highest BCUT2D eigenvalue weighted by Crippen LogP contribution is 2.18. The van der Waals surface area contributed by atoms with Gasteiger partial charge in [-0.1, -0.05) is 30.3 Å². The summed E-state index contributed by atoms with van der Waals surface area (Å²) in [6, 6.07) is 12.4. The van der Waals surface area contributed by atoms with Gasteiger partial charge in [0.25, 0.3) is 0 Å².